The summed E-state index contributed by atoms with van der Waals surface area (Å²) in [4.78, 5) is 27.3. The number of para-hydroxylation sites is 1. The summed E-state index contributed by atoms with van der Waals surface area (Å²) in [5.74, 6) is 1.51. The van der Waals surface area contributed by atoms with Crippen LogP contribution in [0.4, 0.5) is 0 Å². The number of nitrogens with zero attached hydrogens (tertiary/aromatic N) is 3. The monoisotopic (exact) mass is 372 g/mol. The molecule has 0 aliphatic carbocycles. The second-order valence-corrected chi connectivity index (χ2v) is 8.46. The summed E-state index contributed by atoms with van der Waals surface area (Å²) in [7, 11) is 0. The number of H-pyrrole nitrogens is 1. The molecule has 3 heterocycles. The van der Waals surface area contributed by atoms with Crippen molar-refractivity contribution in [3.63, 3.8) is 0 Å². The normalized spacial score (nSPS) is 17.5. The smallest absolute Gasteiger partial charge is 0.233 e. The number of aromatic amines is 1. The maximum atomic E-state index is 12.7. The Morgan fingerprint density at radius 1 is 1.40 bits per heavy atom. The molecule has 3 aromatic rings. The van der Waals surface area contributed by atoms with Crippen LogP contribution in [-0.2, 0) is 4.79 Å². The molecule has 130 valence electrons. The number of nitrogens with one attached hydrogen (secondary N) is 1. The first-order valence-electron chi connectivity index (χ1n) is 8.41. The maximum absolute atomic E-state index is 12.7. The van der Waals surface area contributed by atoms with Crippen LogP contribution in [0.25, 0.3) is 11.0 Å². The highest BCUT2D eigenvalue weighted by Crippen LogP contribution is 2.33. The molecule has 1 unspecified atom stereocenters. The van der Waals surface area contributed by atoms with Gasteiger partial charge in [0.15, 0.2) is 4.34 Å². The van der Waals surface area contributed by atoms with Gasteiger partial charge >= 0.3 is 0 Å². The van der Waals surface area contributed by atoms with Gasteiger partial charge in [0.1, 0.15) is 5.82 Å². The second-order valence-electron chi connectivity index (χ2n) is 6.38. The van der Waals surface area contributed by atoms with E-state index in [1.54, 1.807) is 11.3 Å². The number of aromatic nitrogens is 3. The lowest BCUT2D eigenvalue weighted by Crippen LogP contribution is -2.32. The van der Waals surface area contributed by atoms with Crippen molar-refractivity contribution in [2.24, 2.45) is 0 Å². The van der Waals surface area contributed by atoms with Gasteiger partial charge in [0, 0.05) is 17.6 Å². The Morgan fingerprint density at radius 3 is 3.04 bits per heavy atom. The Morgan fingerprint density at radius 2 is 2.28 bits per heavy atom. The molecule has 1 atom stereocenters. The summed E-state index contributed by atoms with van der Waals surface area (Å²) in [5, 5.41) is 2.02. The lowest BCUT2D eigenvalue weighted by Gasteiger charge is -2.22. The Kier molecular flexibility index (Phi) is 4.52. The predicted octanol–water partition coefficient (Wildman–Crippen LogP) is 4.09. The van der Waals surface area contributed by atoms with E-state index in [9.17, 15) is 4.79 Å². The van der Waals surface area contributed by atoms with E-state index in [0.29, 0.717) is 5.75 Å². The van der Waals surface area contributed by atoms with Crippen molar-refractivity contribution >= 4 is 40.0 Å². The fourth-order valence-corrected chi connectivity index (χ4v) is 5.04. The molecule has 0 bridgehead atoms. The summed E-state index contributed by atoms with van der Waals surface area (Å²) >= 11 is 3.12. The molecule has 1 aromatic carbocycles. The minimum absolute atomic E-state index is 0.0536. The third-order valence-corrected chi connectivity index (χ3v) is 6.66. The lowest BCUT2D eigenvalue weighted by molar-refractivity contribution is -0.129. The molecule has 1 N–H and O–H groups in total. The average molecular weight is 373 g/mol. The summed E-state index contributed by atoms with van der Waals surface area (Å²) in [5.41, 5.74) is 4.22. The van der Waals surface area contributed by atoms with Gasteiger partial charge in [-0.1, -0.05) is 23.9 Å². The first-order valence-corrected chi connectivity index (χ1v) is 10.3. The molecule has 25 heavy (non-hydrogen) atoms. The van der Waals surface area contributed by atoms with Crippen LogP contribution in [0.3, 0.4) is 0 Å². The maximum Gasteiger partial charge on any atom is 0.233 e. The number of thiazole rings is 1. The van der Waals surface area contributed by atoms with E-state index < -0.39 is 0 Å². The van der Waals surface area contributed by atoms with E-state index in [4.69, 9.17) is 4.98 Å². The van der Waals surface area contributed by atoms with Gasteiger partial charge in [0.05, 0.1) is 22.8 Å². The molecular formula is C18H20N4OS2. The Bertz CT molecular complexity index is 917. The Hall–Kier alpha value is -1.86. The SMILES string of the molecule is Cc1csc(SCC(=O)N2CCCC2c2nc3c(C)cccc3[nH]2)n1. The highest BCUT2D eigenvalue weighted by atomic mass is 32.2. The van der Waals surface area contributed by atoms with Gasteiger partial charge in [0.25, 0.3) is 0 Å². The standard InChI is InChI=1S/C18H20N4OS2/c1-11-5-3-6-13-16(11)21-17(20-13)14-7-4-8-22(14)15(23)10-25-18-19-12(2)9-24-18/h3,5-6,9,14H,4,7-8,10H2,1-2H3,(H,20,21). The number of imidazole rings is 1. The number of benzene rings is 1. The number of carbonyl (C=O) groups excluding carboxylic acids is 1. The number of thioether (sulfide) groups is 1. The molecule has 0 radical (unpaired) electrons. The van der Waals surface area contributed by atoms with Crippen molar-refractivity contribution in [1.82, 2.24) is 19.9 Å². The first-order chi connectivity index (χ1) is 12.1. The molecule has 5 nitrogen and oxygen atoms in total. The number of fused-ring (bicyclic) bond motifs is 1. The molecule has 1 fully saturated rings. The van der Waals surface area contributed by atoms with E-state index in [0.717, 1.165) is 51.8 Å². The minimum Gasteiger partial charge on any atom is -0.340 e. The topological polar surface area (TPSA) is 61.9 Å². The second kappa shape index (κ2) is 6.80. The van der Waals surface area contributed by atoms with Crippen LogP contribution in [0.1, 0.15) is 36.0 Å². The van der Waals surface area contributed by atoms with Gasteiger partial charge in [-0.05, 0) is 38.3 Å². The van der Waals surface area contributed by atoms with Gasteiger partial charge in [-0.2, -0.15) is 0 Å². The zero-order valence-electron chi connectivity index (χ0n) is 14.3. The third kappa shape index (κ3) is 3.30. The van der Waals surface area contributed by atoms with Crippen molar-refractivity contribution in [2.75, 3.05) is 12.3 Å². The Balaban J connectivity index is 1.50. The van der Waals surface area contributed by atoms with Crippen LogP contribution in [-0.4, -0.2) is 38.1 Å². The number of rotatable bonds is 4. The molecular weight excluding hydrogens is 352 g/mol. The molecule has 1 amide bonds. The van der Waals surface area contributed by atoms with E-state index in [1.807, 2.05) is 29.3 Å². The number of hydrogen-bond donors (Lipinski definition) is 1. The molecule has 1 aliphatic heterocycles. The average Bonchev–Trinajstić information content (AvgIpc) is 3.31. The summed E-state index contributed by atoms with van der Waals surface area (Å²) in [6.07, 6.45) is 1.99. The number of carbonyl (C=O) groups is 1. The largest absolute Gasteiger partial charge is 0.340 e. The van der Waals surface area contributed by atoms with Crippen molar-refractivity contribution in [3.05, 3.63) is 40.7 Å². The van der Waals surface area contributed by atoms with E-state index in [2.05, 4.69) is 23.0 Å². The van der Waals surface area contributed by atoms with Gasteiger partial charge in [-0.15, -0.1) is 11.3 Å². The molecule has 2 aromatic heterocycles. The zero-order valence-corrected chi connectivity index (χ0v) is 15.9. The van der Waals surface area contributed by atoms with Crippen molar-refractivity contribution in [3.8, 4) is 0 Å². The number of hydrogen-bond acceptors (Lipinski definition) is 5. The minimum atomic E-state index is 0.0536. The van der Waals surface area contributed by atoms with Crippen LogP contribution in [0, 0.1) is 13.8 Å². The van der Waals surface area contributed by atoms with Gasteiger partial charge < -0.3 is 9.88 Å². The molecule has 0 saturated carbocycles. The predicted molar refractivity (Wildman–Crippen MR) is 102 cm³/mol. The fourth-order valence-electron chi connectivity index (χ4n) is 3.31. The molecule has 1 aliphatic rings. The molecule has 7 heteroatoms. The highest BCUT2D eigenvalue weighted by Gasteiger charge is 2.32. The summed E-state index contributed by atoms with van der Waals surface area (Å²) in [6.45, 7) is 4.84. The Labute approximate surface area is 154 Å². The molecule has 0 spiro atoms. The van der Waals surface area contributed by atoms with Gasteiger partial charge in [-0.25, -0.2) is 9.97 Å². The number of aryl methyl sites for hydroxylation is 2. The van der Waals surface area contributed by atoms with Crippen LogP contribution in [0.5, 0.6) is 0 Å². The van der Waals surface area contributed by atoms with Crippen LogP contribution < -0.4 is 0 Å². The number of likely N-dealkylation sites (tertiary alicyclic amines) is 1. The summed E-state index contributed by atoms with van der Waals surface area (Å²) in [6, 6.07) is 6.19. The lowest BCUT2D eigenvalue weighted by atomic mass is 10.2. The van der Waals surface area contributed by atoms with Crippen molar-refractivity contribution < 1.29 is 4.79 Å². The van der Waals surface area contributed by atoms with Gasteiger partial charge in [0.2, 0.25) is 5.91 Å². The highest BCUT2D eigenvalue weighted by molar-refractivity contribution is 8.01. The quantitative estimate of drug-likeness (QED) is 0.701. The van der Waals surface area contributed by atoms with Crippen LogP contribution in [0.2, 0.25) is 0 Å². The third-order valence-electron chi connectivity index (χ3n) is 4.54. The van der Waals surface area contributed by atoms with E-state index in [-0.39, 0.29) is 11.9 Å². The van der Waals surface area contributed by atoms with E-state index in [1.165, 1.54) is 11.8 Å². The van der Waals surface area contributed by atoms with Crippen LogP contribution in [0.15, 0.2) is 27.9 Å². The van der Waals surface area contributed by atoms with Crippen LogP contribution >= 0.6 is 23.1 Å². The summed E-state index contributed by atoms with van der Waals surface area (Å²) < 4.78 is 0.959. The van der Waals surface area contributed by atoms with E-state index >= 15 is 0 Å². The molecule has 1 saturated heterocycles. The van der Waals surface area contributed by atoms with Gasteiger partial charge in [-0.3, -0.25) is 4.79 Å². The fraction of sp³-hybridized carbons (Fsp3) is 0.389. The molecule has 4 rings (SSSR count). The van der Waals surface area contributed by atoms with Crippen molar-refractivity contribution in [1.29, 1.82) is 0 Å². The number of amides is 1. The van der Waals surface area contributed by atoms with Crippen molar-refractivity contribution in [2.45, 2.75) is 37.1 Å². The zero-order chi connectivity index (χ0) is 17.4. The first kappa shape index (κ1) is 16.6.